The Kier molecular flexibility index (Phi) is 3.30. The molecule has 0 aromatic carbocycles. The van der Waals surface area contributed by atoms with Crippen molar-refractivity contribution in [3.05, 3.63) is 48.1 Å². The molecule has 0 fully saturated rings. The van der Waals surface area contributed by atoms with E-state index in [1.54, 1.807) is 12.2 Å². The largest absolute Gasteiger partial charge is 0.290 e. The summed E-state index contributed by atoms with van der Waals surface area (Å²) in [7, 11) is 0. The molecule has 82 valence electrons. The maximum absolute atomic E-state index is 11.9. The molecule has 2 aliphatic carbocycles. The molecule has 2 rings (SSSR count). The fourth-order valence-electron chi connectivity index (χ4n) is 1.87. The van der Waals surface area contributed by atoms with Gasteiger partial charge in [-0.25, -0.2) is 0 Å². The highest BCUT2D eigenvalue weighted by Crippen LogP contribution is 2.17. The predicted octanol–water partition coefficient (Wildman–Crippen LogP) is 2.53. The molecular formula is C14H14O2. The van der Waals surface area contributed by atoms with Crippen LogP contribution in [0.3, 0.4) is 0 Å². The molecule has 0 heterocycles. The molecule has 0 radical (unpaired) electrons. The van der Waals surface area contributed by atoms with Gasteiger partial charge in [0, 0.05) is 11.5 Å². The van der Waals surface area contributed by atoms with Gasteiger partial charge >= 0.3 is 0 Å². The van der Waals surface area contributed by atoms with Crippen LogP contribution in [0.4, 0.5) is 0 Å². The second-order valence-electron chi connectivity index (χ2n) is 3.99. The maximum Gasteiger partial charge on any atom is 0.228 e. The summed E-state index contributed by atoms with van der Waals surface area (Å²) in [6.45, 7) is 0. The summed E-state index contributed by atoms with van der Waals surface area (Å²) in [6, 6.07) is 0. The van der Waals surface area contributed by atoms with Gasteiger partial charge < -0.3 is 0 Å². The van der Waals surface area contributed by atoms with Crippen LogP contribution in [-0.2, 0) is 9.59 Å². The number of allylic oxidation sites excluding steroid dienone is 8. The molecule has 1 unspecified atom stereocenters. The summed E-state index contributed by atoms with van der Waals surface area (Å²) < 4.78 is 0. The van der Waals surface area contributed by atoms with E-state index in [2.05, 4.69) is 0 Å². The van der Waals surface area contributed by atoms with Crippen LogP contribution in [0.1, 0.15) is 19.3 Å². The van der Waals surface area contributed by atoms with Gasteiger partial charge in [0.1, 0.15) is 0 Å². The van der Waals surface area contributed by atoms with E-state index in [0.29, 0.717) is 12.0 Å². The van der Waals surface area contributed by atoms with Gasteiger partial charge in [0.25, 0.3) is 0 Å². The summed E-state index contributed by atoms with van der Waals surface area (Å²) in [5, 5.41) is 0. The first kappa shape index (κ1) is 10.8. The highest BCUT2D eigenvalue weighted by Gasteiger charge is 2.24. The zero-order valence-electron chi connectivity index (χ0n) is 9.06. The summed E-state index contributed by atoms with van der Waals surface area (Å²) >= 11 is 0. The number of hydrogen-bond donors (Lipinski definition) is 0. The molecule has 2 heteroatoms. The summed E-state index contributed by atoms with van der Waals surface area (Å²) in [5.74, 6) is -0.909. The van der Waals surface area contributed by atoms with Crippen LogP contribution >= 0.6 is 0 Å². The molecule has 2 aliphatic rings. The molecule has 0 spiro atoms. The number of ketones is 2. The molecule has 0 saturated heterocycles. The van der Waals surface area contributed by atoms with Gasteiger partial charge in [-0.05, 0) is 19.3 Å². The summed E-state index contributed by atoms with van der Waals surface area (Å²) in [4.78, 5) is 23.8. The molecule has 0 aliphatic heterocycles. The topological polar surface area (TPSA) is 34.1 Å². The van der Waals surface area contributed by atoms with Crippen LogP contribution in [0.2, 0.25) is 0 Å². The van der Waals surface area contributed by atoms with Crippen LogP contribution in [0.15, 0.2) is 48.1 Å². The van der Waals surface area contributed by atoms with Crippen LogP contribution in [0.5, 0.6) is 0 Å². The lowest BCUT2D eigenvalue weighted by atomic mass is 9.90. The number of carbonyl (C=O) groups is 2. The Morgan fingerprint density at radius 2 is 2.00 bits per heavy atom. The lowest BCUT2D eigenvalue weighted by Gasteiger charge is -2.12. The standard InChI is InChI=1S/C14H14O2/c15-13(11-7-3-1-4-8-11)14(16)12-9-5-2-6-10-12/h1,3-5,7,9-11H,2,6,8H2. The third-order valence-electron chi connectivity index (χ3n) is 2.80. The summed E-state index contributed by atoms with van der Waals surface area (Å²) in [6.07, 6.45) is 15.4. The van der Waals surface area contributed by atoms with Crippen molar-refractivity contribution in [2.24, 2.45) is 5.92 Å². The van der Waals surface area contributed by atoms with Gasteiger partial charge in [0.05, 0.1) is 0 Å². The highest BCUT2D eigenvalue weighted by molar-refractivity contribution is 6.45. The third-order valence-corrected chi connectivity index (χ3v) is 2.80. The SMILES string of the molecule is O=C(C(=O)C1C=CC=CC1)C1=CCCC=C1. The van der Waals surface area contributed by atoms with Crippen molar-refractivity contribution in [3.63, 3.8) is 0 Å². The Morgan fingerprint density at radius 1 is 1.12 bits per heavy atom. The first-order chi connectivity index (χ1) is 7.79. The van der Waals surface area contributed by atoms with Gasteiger partial charge in [0.15, 0.2) is 0 Å². The van der Waals surface area contributed by atoms with E-state index in [1.807, 2.05) is 30.4 Å². The van der Waals surface area contributed by atoms with Crippen molar-refractivity contribution in [2.75, 3.05) is 0 Å². The van der Waals surface area contributed by atoms with E-state index < -0.39 is 0 Å². The molecular weight excluding hydrogens is 200 g/mol. The maximum atomic E-state index is 11.9. The Bertz CT molecular complexity index is 422. The Hall–Kier alpha value is -1.70. The minimum Gasteiger partial charge on any atom is -0.290 e. The number of carbonyl (C=O) groups excluding carboxylic acids is 2. The smallest absolute Gasteiger partial charge is 0.228 e. The van der Waals surface area contributed by atoms with E-state index in [4.69, 9.17) is 0 Å². The molecule has 0 saturated carbocycles. The van der Waals surface area contributed by atoms with Gasteiger partial charge in [-0.15, -0.1) is 0 Å². The van der Waals surface area contributed by atoms with Gasteiger partial charge in [0.2, 0.25) is 11.6 Å². The number of rotatable bonds is 3. The van der Waals surface area contributed by atoms with Crippen molar-refractivity contribution >= 4 is 11.6 Å². The molecule has 16 heavy (non-hydrogen) atoms. The van der Waals surface area contributed by atoms with Gasteiger partial charge in [-0.3, -0.25) is 9.59 Å². The molecule has 0 bridgehead atoms. The number of hydrogen-bond acceptors (Lipinski definition) is 2. The van der Waals surface area contributed by atoms with Crippen molar-refractivity contribution in [3.8, 4) is 0 Å². The van der Waals surface area contributed by atoms with E-state index >= 15 is 0 Å². The monoisotopic (exact) mass is 214 g/mol. The van der Waals surface area contributed by atoms with Gasteiger partial charge in [-0.1, -0.05) is 42.5 Å². The molecule has 2 nitrogen and oxygen atoms in total. The van der Waals surface area contributed by atoms with Crippen molar-refractivity contribution in [1.82, 2.24) is 0 Å². The van der Waals surface area contributed by atoms with Crippen molar-refractivity contribution in [1.29, 1.82) is 0 Å². The highest BCUT2D eigenvalue weighted by atomic mass is 16.2. The Balaban J connectivity index is 2.07. The van der Waals surface area contributed by atoms with E-state index in [-0.39, 0.29) is 17.5 Å². The minimum atomic E-state index is -0.346. The third kappa shape index (κ3) is 2.27. The normalized spacial score (nSPS) is 23.0. The zero-order chi connectivity index (χ0) is 11.4. The Morgan fingerprint density at radius 3 is 2.62 bits per heavy atom. The average molecular weight is 214 g/mol. The van der Waals surface area contributed by atoms with Crippen LogP contribution in [0, 0.1) is 5.92 Å². The van der Waals surface area contributed by atoms with Crippen LogP contribution in [0.25, 0.3) is 0 Å². The van der Waals surface area contributed by atoms with Gasteiger partial charge in [-0.2, -0.15) is 0 Å². The predicted molar refractivity (Wildman–Crippen MR) is 62.9 cm³/mol. The van der Waals surface area contributed by atoms with Crippen molar-refractivity contribution in [2.45, 2.75) is 19.3 Å². The molecule has 0 aromatic rings. The van der Waals surface area contributed by atoms with E-state index in [9.17, 15) is 9.59 Å². The fraction of sp³-hybridized carbons (Fsp3) is 0.286. The molecule has 0 amide bonds. The minimum absolute atomic E-state index is 0.270. The lowest BCUT2D eigenvalue weighted by molar-refractivity contribution is -0.135. The zero-order valence-corrected chi connectivity index (χ0v) is 9.06. The van der Waals surface area contributed by atoms with Crippen LogP contribution < -0.4 is 0 Å². The quantitative estimate of drug-likeness (QED) is 0.676. The molecule has 0 aromatic heterocycles. The second-order valence-corrected chi connectivity index (χ2v) is 3.99. The first-order valence-corrected chi connectivity index (χ1v) is 5.57. The van der Waals surface area contributed by atoms with Crippen molar-refractivity contribution < 1.29 is 9.59 Å². The lowest BCUT2D eigenvalue weighted by Crippen LogP contribution is -2.24. The second kappa shape index (κ2) is 4.88. The molecule has 0 N–H and O–H groups in total. The average Bonchev–Trinajstić information content (AvgIpc) is 2.39. The number of Topliss-reactive ketones (excluding diaryl/α,β-unsaturated/α-hetero) is 2. The first-order valence-electron chi connectivity index (χ1n) is 5.57. The molecule has 1 atom stereocenters. The fourth-order valence-corrected chi connectivity index (χ4v) is 1.87. The Labute approximate surface area is 95.0 Å². The summed E-state index contributed by atoms with van der Waals surface area (Å²) in [5.41, 5.74) is 0.555. The van der Waals surface area contributed by atoms with Crippen LogP contribution in [-0.4, -0.2) is 11.6 Å². The van der Waals surface area contributed by atoms with E-state index in [0.717, 1.165) is 12.8 Å². The van der Waals surface area contributed by atoms with E-state index in [1.165, 1.54) is 0 Å².